The molecule has 0 spiro atoms. The Bertz CT molecular complexity index is 1140. The second kappa shape index (κ2) is 11.3. The van der Waals surface area contributed by atoms with E-state index in [4.69, 9.17) is 18.9 Å². The van der Waals surface area contributed by atoms with Crippen molar-refractivity contribution in [1.82, 2.24) is 4.31 Å². The third-order valence-electron chi connectivity index (χ3n) is 5.64. The number of ether oxygens (including phenoxy) is 4. The van der Waals surface area contributed by atoms with Crippen molar-refractivity contribution in [1.29, 1.82) is 0 Å². The molecular formula is C24H29NO8S. The largest absolute Gasteiger partial charge is 0.497 e. The normalized spacial score (nSPS) is 14.7. The van der Waals surface area contributed by atoms with Crippen LogP contribution in [0.2, 0.25) is 0 Å². The van der Waals surface area contributed by atoms with E-state index in [2.05, 4.69) is 0 Å². The molecule has 2 aromatic carbocycles. The number of carbonyl (C=O) groups excluding carboxylic acids is 2. The molecule has 1 heterocycles. The number of Topliss-reactive ketones (excluding diaryl/α,β-unsaturated/α-hetero) is 1. The standard InChI is InChI=1S/C24H29NO8S/c1-30-17-8-10-22(31-2)19(14-17)21(26)16-33-24(27)20-15-18(9-11-23(20)32-3)34(28,29)25-12-6-4-5-7-13-25/h8-11,14-15H,4-7,12-13,16H2,1-3H3. The number of hydrogen-bond donors (Lipinski definition) is 0. The molecule has 0 saturated carbocycles. The van der Waals surface area contributed by atoms with Crippen LogP contribution in [-0.2, 0) is 14.8 Å². The maximum Gasteiger partial charge on any atom is 0.342 e. The summed E-state index contributed by atoms with van der Waals surface area (Å²) in [5.41, 5.74) is 0.114. The van der Waals surface area contributed by atoms with Crippen LogP contribution in [0.4, 0.5) is 0 Å². The molecule has 0 amide bonds. The third kappa shape index (κ3) is 5.68. The number of carbonyl (C=O) groups is 2. The fourth-order valence-electron chi connectivity index (χ4n) is 3.76. The Morgan fingerprint density at radius 3 is 2.06 bits per heavy atom. The highest BCUT2D eigenvalue weighted by atomic mass is 32.2. The van der Waals surface area contributed by atoms with Crippen LogP contribution in [0.5, 0.6) is 17.2 Å². The van der Waals surface area contributed by atoms with Crippen molar-refractivity contribution < 1.29 is 37.0 Å². The number of sulfonamides is 1. The van der Waals surface area contributed by atoms with Gasteiger partial charge in [0.05, 0.1) is 31.8 Å². The van der Waals surface area contributed by atoms with Gasteiger partial charge in [-0.25, -0.2) is 13.2 Å². The van der Waals surface area contributed by atoms with Crippen LogP contribution in [-0.4, -0.2) is 65.5 Å². The smallest absolute Gasteiger partial charge is 0.342 e. The number of methoxy groups -OCH3 is 3. The first-order valence-electron chi connectivity index (χ1n) is 10.9. The molecule has 1 aliphatic rings. The van der Waals surface area contributed by atoms with Crippen molar-refractivity contribution in [3.05, 3.63) is 47.5 Å². The first-order chi connectivity index (χ1) is 16.3. The SMILES string of the molecule is COc1ccc(OC)c(C(=O)COC(=O)c2cc(S(=O)(=O)N3CCCCCC3)ccc2OC)c1. The molecule has 184 valence electrons. The fraction of sp³-hybridized carbons (Fsp3) is 0.417. The molecule has 9 nitrogen and oxygen atoms in total. The maximum atomic E-state index is 13.1. The quantitative estimate of drug-likeness (QED) is 0.388. The predicted molar refractivity (Wildman–Crippen MR) is 124 cm³/mol. The van der Waals surface area contributed by atoms with Gasteiger partial charge in [0.1, 0.15) is 22.8 Å². The van der Waals surface area contributed by atoms with Crippen LogP contribution < -0.4 is 14.2 Å². The highest BCUT2D eigenvalue weighted by Gasteiger charge is 2.28. The van der Waals surface area contributed by atoms with Crippen LogP contribution in [0, 0.1) is 0 Å². The zero-order valence-electron chi connectivity index (χ0n) is 19.5. The van der Waals surface area contributed by atoms with Gasteiger partial charge in [0.2, 0.25) is 15.8 Å². The Morgan fingerprint density at radius 1 is 0.824 bits per heavy atom. The van der Waals surface area contributed by atoms with Crippen LogP contribution in [0.25, 0.3) is 0 Å². The van der Waals surface area contributed by atoms with E-state index in [1.807, 2.05) is 0 Å². The third-order valence-corrected chi connectivity index (χ3v) is 7.53. The zero-order valence-corrected chi connectivity index (χ0v) is 20.4. The van der Waals surface area contributed by atoms with Gasteiger partial charge < -0.3 is 18.9 Å². The molecule has 0 aliphatic carbocycles. The van der Waals surface area contributed by atoms with Crippen molar-refractivity contribution in [2.75, 3.05) is 41.0 Å². The second-order valence-corrected chi connectivity index (χ2v) is 9.68. The van der Waals surface area contributed by atoms with Gasteiger partial charge in [-0.05, 0) is 49.2 Å². The van der Waals surface area contributed by atoms with E-state index in [0.717, 1.165) is 25.7 Å². The van der Waals surface area contributed by atoms with Gasteiger partial charge in [-0.1, -0.05) is 12.8 Å². The molecule has 0 atom stereocenters. The number of benzene rings is 2. The summed E-state index contributed by atoms with van der Waals surface area (Å²) in [5.74, 6) is -0.476. The highest BCUT2D eigenvalue weighted by Crippen LogP contribution is 2.28. The van der Waals surface area contributed by atoms with Crippen molar-refractivity contribution in [2.24, 2.45) is 0 Å². The van der Waals surface area contributed by atoms with E-state index in [1.54, 1.807) is 12.1 Å². The van der Waals surface area contributed by atoms with E-state index < -0.39 is 28.4 Å². The Kier molecular flexibility index (Phi) is 8.51. The molecule has 34 heavy (non-hydrogen) atoms. The molecule has 0 radical (unpaired) electrons. The molecule has 0 aromatic heterocycles. The van der Waals surface area contributed by atoms with Gasteiger partial charge >= 0.3 is 5.97 Å². The minimum atomic E-state index is -3.78. The van der Waals surface area contributed by atoms with Gasteiger partial charge in [-0.2, -0.15) is 4.31 Å². The average molecular weight is 492 g/mol. The topological polar surface area (TPSA) is 108 Å². The van der Waals surface area contributed by atoms with E-state index in [-0.39, 0.29) is 21.8 Å². The van der Waals surface area contributed by atoms with Gasteiger partial charge in [0.15, 0.2) is 6.61 Å². The van der Waals surface area contributed by atoms with E-state index >= 15 is 0 Å². The lowest BCUT2D eigenvalue weighted by molar-refractivity contribution is 0.0470. The minimum absolute atomic E-state index is 0.0251. The van der Waals surface area contributed by atoms with Crippen LogP contribution in [0.1, 0.15) is 46.4 Å². The molecule has 1 saturated heterocycles. The molecular weight excluding hydrogens is 462 g/mol. The summed E-state index contributed by atoms with van der Waals surface area (Å²) in [6.45, 7) is 0.296. The molecule has 1 fully saturated rings. The summed E-state index contributed by atoms with van der Waals surface area (Å²) < 4.78 is 48.5. The van der Waals surface area contributed by atoms with Crippen LogP contribution in [0.15, 0.2) is 41.3 Å². The molecule has 3 rings (SSSR count). The van der Waals surface area contributed by atoms with Crippen LogP contribution in [0.3, 0.4) is 0 Å². The molecule has 2 aromatic rings. The number of ketones is 1. The van der Waals surface area contributed by atoms with Crippen molar-refractivity contribution in [2.45, 2.75) is 30.6 Å². The number of esters is 1. The van der Waals surface area contributed by atoms with Gasteiger partial charge in [0, 0.05) is 13.1 Å². The number of hydrogen-bond acceptors (Lipinski definition) is 8. The summed E-state index contributed by atoms with van der Waals surface area (Å²) in [5, 5.41) is 0. The Hall–Kier alpha value is -3.11. The molecule has 0 N–H and O–H groups in total. The summed E-state index contributed by atoms with van der Waals surface area (Å²) in [6, 6.07) is 8.76. The highest BCUT2D eigenvalue weighted by molar-refractivity contribution is 7.89. The van der Waals surface area contributed by atoms with E-state index in [9.17, 15) is 18.0 Å². The second-order valence-electron chi connectivity index (χ2n) is 7.75. The Balaban J connectivity index is 1.81. The Labute approximate surface area is 199 Å². The molecule has 0 unspecified atom stereocenters. The summed E-state index contributed by atoms with van der Waals surface area (Å²) >= 11 is 0. The van der Waals surface area contributed by atoms with Gasteiger partial charge in [-0.15, -0.1) is 0 Å². The molecule has 1 aliphatic heterocycles. The summed E-state index contributed by atoms with van der Waals surface area (Å²) in [4.78, 5) is 25.5. The fourth-order valence-corrected chi connectivity index (χ4v) is 5.30. The van der Waals surface area contributed by atoms with Gasteiger partial charge in [0.25, 0.3) is 0 Å². The first-order valence-corrected chi connectivity index (χ1v) is 12.4. The monoisotopic (exact) mass is 491 g/mol. The summed E-state index contributed by atoms with van der Waals surface area (Å²) in [7, 11) is 0.467. The lowest BCUT2D eigenvalue weighted by Crippen LogP contribution is -2.32. The average Bonchev–Trinajstić information content (AvgIpc) is 3.16. The van der Waals surface area contributed by atoms with Crippen molar-refractivity contribution in [3.63, 3.8) is 0 Å². The lowest BCUT2D eigenvalue weighted by atomic mass is 10.1. The Morgan fingerprint density at radius 2 is 1.44 bits per heavy atom. The van der Waals surface area contributed by atoms with E-state index in [0.29, 0.717) is 24.6 Å². The van der Waals surface area contributed by atoms with Gasteiger partial charge in [-0.3, -0.25) is 4.79 Å². The molecule has 0 bridgehead atoms. The zero-order chi connectivity index (χ0) is 24.7. The lowest BCUT2D eigenvalue weighted by Gasteiger charge is -2.20. The van der Waals surface area contributed by atoms with Crippen molar-refractivity contribution in [3.8, 4) is 17.2 Å². The summed E-state index contributed by atoms with van der Waals surface area (Å²) in [6.07, 6.45) is 3.55. The van der Waals surface area contributed by atoms with E-state index in [1.165, 1.54) is 49.9 Å². The predicted octanol–water partition coefficient (Wildman–Crippen LogP) is 3.32. The van der Waals surface area contributed by atoms with Crippen LogP contribution >= 0.6 is 0 Å². The molecule has 10 heteroatoms. The maximum absolute atomic E-state index is 13.1. The first kappa shape index (κ1) is 25.5. The number of nitrogens with zero attached hydrogens (tertiary/aromatic N) is 1. The van der Waals surface area contributed by atoms with Crippen molar-refractivity contribution >= 4 is 21.8 Å². The number of rotatable bonds is 9. The minimum Gasteiger partial charge on any atom is -0.497 e.